The maximum absolute atomic E-state index is 6.50. The molecule has 2 aromatic heterocycles. The predicted octanol–water partition coefficient (Wildman–Crippen LogP) is 13.8. The van der Waals surface area contributed by atoms with Gasteiger partial charge in [0.1, 0.15) is 11.2 Å². The normalized spacial score (nSPS) is 11.5. The SMILES string of the molecule is c1ccc(-c2cccc(N(c3ccc(-c4ccc5ccccc5c4)c(-c4ccccc4)c3)c3ccc4ncc5c6ccccc6oc5c4c3)c2)cc1. The van der Waals surface area contributed by atoms with Gasteiger partial charge in [0.25, 0.3) is 0 Å². The van der Waals surface area contributed by atoms with Gasteiger partial charge in [-0.05, 0) is 98.8 Å². The fraction of sp³-hybridized carbons (Fsp3) is 0. The highest BCUT2D eigenvalue weighted by molar-refractivity contribution is 6.14. The van der Waals surface area contributed by atoms with E-state index in [1.165, 1.54) is 33.0 Å². The Bertz CT molecular complexity index is 2910. The standard InChI is InChI=1S/C49H32N2O/c1-3-12-33(13-4-1)37-18-11-19-39(29-37)51(41-25-27-47-45(31-41)49-46(32-50-47)43-20-9-10-21-48(43)52-49)40-24-26-42(44(30-40)35-15-5-2-6-16-35)38-23-22-34-14-7-8-17-36(34)28-38/h1-32H. The molecule has 0 unspecified atom stereocenters. The van der Waals surface area contributed by atoms with Crippen LogP contribution in [0.1, 0.15) is 0 Å². The first-order valence-electron chi connectivity index (χ1n) is 17.6. The van der Waals surface area contributed by atoms with Crippen LogP contribution in [0.4, 0.5) is 17.1 Å². The second-order valence-electron chi connectivity index (χ2n) is 13.2. The fourth-order valence-electron chi connectivity index (χ4n) is 7.52. The Morgan fingerprint density at radius 1 is 0.385 bits per heavy atom. The van der Waals surface area contributed by atoms with Gasteiger partial charge in [-0.15, -0.1) is 0 Å². The highest BCUT2D eigenvalue weighted by Crippen LogP contribution is 2.43. The minimum Gasteiger partial charge on any atom is -0.455 e. The molecule has 0 radical (unpaired) electrons. The Labute approximate surface area is 301 Å². The molecule has 0 aliphatic carbocycles. The van der Waals surface area contributed by atoms with Crippen LogP contribution in [0.2, 0.25) is 0 Å². The van der Waals surface area contributed by atoms with Crippen LogP contribution in [0.3, 0.4) is 0 Å². The van der Waals surface area contributed by atoms with Crippen LogP contribution in [0.15, 0.2) is 199 Å². The monoisotopic (exact) mass is 664 g/mol. The number of benzene rings is 8. The molecule has 244 valence electrons. The summed E-state index contributed by atoms with van der Waals surface area (Å²) in [6.45, 7) is 0. The third-order valence-corrected chi connectivity index (χ3v) is 10.1. The molecule has 10 rings (SSSR count). The molecule has 0 aliphatic heterocycles. The molecular weight excluding hydrogens is 633 g/mol. The van der Waals surface area contributed by atoms with Crippen LogP contribution in [0, 0.1) is 0 Å². The fourth-order valence-corrected chi connectivity index (χ4v) is 7.52. The molecule has 0 N–H and O–H groups in total. The van der Waals surface area contributed by atoms with E-state index in [0.717, 1.165) is 61.0 Å². The van der Waals surface area contributed by atoms with Crippen LogP contribution < -0.4 is 4.90 Å². The Hall–Kier alpha value is -6.97. The summed E-state index contributed by atoms with van der Waals surface area (Å²) >= 11 is 0. The van der Waals surface area contributed by atoms with E-state index in [1.54, 1.807) is 0 Å². The van der Waals surface area contributed by atoms with Gasteiger partial charge in [-0.25, -0.2) is 0 Å². The van der Waals surface area contributed by atoms with Crippen molar-refractivity contribution in [2.75, 3.05) is 4.90 Å². The van der Waals surface area contributed by atoms with Gasteiger partial charge in [-0.1, -0.05) is 133 Å². The first-order valence-corrected chi connectivity index (χ1v) is 17.6. The molecule has 0 atom stereocenters. The second-order valence-corrected chi connectivity index (χ2v) is 13.2. The van der Waals surface area contributed by atoms with Gasteiger partial charge in [0.2, 0.25) is 0 Å². The second kappa shape index (κ2) is 12.4. The molecule has 2 heterocycles. The highest BCUT2D eigenvalue weighted by Gasteiger charge is 2.19. The summed E-state index contributed by atoms with van der Waals surface area (Å²) in [5.41, 5.74) is 12.8. The average Bonchev–Trinajstić information content (AvgIpc) is 3.61. The Balaban J connectivity index is 1.21. The van der Waals surface area contributed by atoms with E-state index in [1.807, 2.05) is 24.4 Å². The van der Waals surface area contributed by atoms with Crippen LogP contribution in [-0.4, -0.2) is 4.98 Å². The Morgan fingerprint density at radius 2 is 1.08 bits per heavy atom. The van der Waals surface area contributed by atoms with E-state index in [4.69, 9.17) is 9.40 Å². The molecule has 0 saturated carbocycles. The number of pyridine rings is 1. The smallest absolute Gasteiger partial charge is 0.146 e. The summed E-state index contributed by atoms with van der Waals surface area (Å²) in [5.74, 6) is 0. The third kappa shape index (κ3) is 5.19. The molecule has 0 amide bonds. The molecule has 8 aromatic carbocycles. The number of furan rings is 1. The van der Waals surface area contributed by atoms with Crippen molar-refractivity contribution in [1.82, 2.24) is 4.98 Å². The lowest BCUT2D eigenvalue weighted by molar-refractivity contribution is 0.672. The minimum atomic E-state index is 0.850. The van der Waals surface area contributed by atoms with Gasteiger partial charge in [0, 0.05) is 39.4 Å². The van der Waals surface area contributed by atoms with E-state index in [-0.39, 0.29) is 0 Å². The molecule has 0 saturated heterocycles. The largest absolute Gasteiger partial charge is 0.455 e. The Morgan fingerprint density at radius 3 is 1.94 bits per heavy atom. The number of fused-ring (bicyclic) bond motifs is 6. The highest BCUT2D eigenvalue weighted by atomic mass is 16.3. The number of anilines is 3. The summed E-state index contributed by atoms with van der Waals surface area (Å²) in [4.78, 5) is 7.22. The number of hydrogen-bond acceptors (Lipinski definition) is 3. The lowest BCUT2D eigenvalue weighted by Gasteiger charge is -2.27. The van der Waals surface area contributed by atoms with Crippen molar-refractivity contribution >= 4 is 60.7 Å². The summed E-state index contributed by atoms with van der Waals surface area (Å²) in [6, 6.07) is 66.9. The first-order chi connectivity index (χ1) is 25.8. The molecule has 0 fully saturated rings. The molecule has 3 heteroatoms. The lowest BCUT2D eigenvalue weighted by atomic mass is 9.92. The molecule has 52 heavy (non-hydrogen) atoms. The summed E-state index contributed by atoms with van der Waals surface area (Å²) in [6.07, 6.45) is 1.93. The van der Waals surface area contributed by atoms with Gasteiger partial charge < -0.3 is 9.32 Å². The molecule has 0 aliphatic rings. The van der Waals surface area contributed by atoms with E-state index in [0.29, 0.717) is 0 Å². The Kier molecular flexibility index (Phi) is 7.14. The quantitative estimate of drug-likeness (QED) is 0.177. The zero-order valence-electron chi connectivity index (χ0n) is 28.3. The van der Waals surface area contributed by atoms with Crippen molar-refractivity contribution in [2.24, 2.45) is 0 Å². The summed E-state index contributed by atoms with van der Waals surface area (Å²) in [5, 5.41) is 5.53. The van der Waals surface area contributed by atoms with Crippen LogP contribution >= 0.6 is 0 Å². The first kappa shape index (κ1) is 29.9. The minimum absolute atomic E-state index is 0.850. The lowest BCUT2D eigenvalue weighted by Crippen LogP contribution is -2.10. The number of rotatable bonds is 6. The zero-order chi connectivity index (χ0) is 34.4. The topological polar surface area (TPSA) is 29.3 Å². The van der Waals surface area contributed by atoms with Crippen molar-refractivity contribution in [3.63, 3.8) is 0 Å². The van der Waals surface area contributed by atoms with E-state index >= 15 is 0 Å². The van der Waals surface area contributed by atoms with Gasteiger partial charge in [-0.3, -0.25) is 4.98 Å². The van der Waals surface area contributed by atoms with E-state index in [2.05, 4.69) is 175 Å². The number of hydrogen-bond donors (Lipinski definition) is 0. The van der Waals surface area contributed by atoms with Crippen LogP contribution in [0.25, 0.3) is 77.0 Å². The van der Waals surface area contributed by atoms with Crippen molar-refractivity contribution in [2.45, 2.75) is 0 Å². The van der Waals surface area contributed by atoms with E-state index < -0.39 is 0 Å². The number of para-hydroxylation sites is 1. The zero-order valence-corrected chi connectivity index (χ0v) is 28.3. The average molecular weight is 665 g/mol. The number of nitrogens with zero attached hydrogens (tertiary/aromatic N) is 2. The molecular formula is C49H32N2O. The molecule has 0 bridgehead atoms. The molecule has 10 aromatic rings. The van der Waals surface area contributed by atoms with Gasteiger partial charge in [0.05, 0.1) is 5.52 Å². The van der Waals surface area contributed by atoms with Crippen molar-refractivity contribution < 1.29 is 4.42 Å². The molecule has 3 nitrogen and oxygen atoms in total. The van der Waals surface area contributed by atoms with Crippen molar-refractivity contribution in [3.05, 3.63) is 194 Å². The van der Waals surface area contributed by atoms with Gasteiger partial charge in [-0.2, -0.15) is 0 Å². The van der Waals surface area contributed by atoms with Crippen LogP contribution in [0.5, 0.6) is 0 Å². The van der Waals surface area contributed by atoms with E-state index in [9.17, 15) is 0 Å². The summed E-state index contributed by atoms with van der Waals surface area (Å²) < 4.78 is 6.50. The van der Waals surface area contributed by atoms with Crippen molar-refractivity contribution in [1.29, 1.82) is 0 Å². The molecule has 0 spiro atoms. The van der Waals surface area contributed by atoms with Crippen LogP contribution in [-0.2, 0) is 0 Å². The maximum Gasteiger partial charge on any atom is 0.146 e. The maximum atomic E-state index is 6.50. The third-order valence-electron chi connectivity index (χ3n) is 10.1. The van der Waals surface area contributed by atoms with Gasteiger partial charge >= 0.3 is 0 Å². The number of aromatic nitrogens is 1. The summed E-state index contributed by atoms with van der Waals surface area (Å²) in [7, 11) is 0. The van der Waals surface area contributed by atoms with Crippen molar-refractivity contribution in [3.8, 4) is 33.4 Å². The van der Waals surface area contributed by atoms with Gasteiger partial charge in [0.15, 0.2) is 0 Å². The predicted molar refractivity (Wildman–Crippen MR) is 218 cm³/mol.